The monoisotopic (exact) mass is 333 g/mol. The number of anilines is 2. The van der Waals surface area contributed by atoms with Crippen LogP contribution in [0.25, 0.3) is 22.4 Å². The van der Waals surface area contributed by atoms with Gasteiger partial charge in [-0.3, -0.25) is 0 Å². The Labute approximate surface area is 148 Å². The van der Waals surface area contributed by atoms with Crippen molar-refractivity contribution in [3.63, 3.8) is 0 Å². The van der Waals surface area contributed by atoms with E-state index in [1.165, 1.54) is 11.1 Å². The first kappa shape index (κ1) is 16.9. The molecule has 2 heterocycles. The zero-order valence-corrected chi connectivity index (χ0v) is 14.9. The molecule has 1 aromatic carbocycles. The molecule has 0 aliphatic heterocycles. The van der Waals surface area contributed by atoms with E-state index in [-0.39, 0.29) is 0 Å². The molecular weight excluding hydrogens is 310 g/mol. The van der Waals surface area contributed by atoms with E-state index in [1.54, 1.807) is 0 Å². The third kappa shape index (κ3) is 3.45. The zero-order valence-electron chi connectivity index (χ0n) is 14.9. The van der Waals surface area contributed by atoms with E-state index in [2.05, 4.69) is 52.5 Å². The van der Waals surface area contributed by atoms with Gasteiger partial charge in [0.05, 0.1) is 5.69 Å². The highest BCUT2D eigenvalue weighted by atomic mass is 15.2. The maximum atomic E-state index is 6.08. The van der Waals surface area contributed by atoms with E-state index in [9.17, 15) is 0 Å². The third-order valence-electron chi connectivity index (χ3n) is 4.42. The predicted molar refractivity (Wildman–Crippen MR) is 103 cm³/mol. The summed E-state index contributed by atoms with van der Waals surface area (Å²) >= 11 is 0. The minimum Gasteiger partial charge on any atom is -0.383 e. The molecule has 0 atom stereocenters. The van der Waals surface area contributed by atoms with Gasteiger partial charge in [-0.05, 0) is 47.7 Å². The molecule has 3 rings (SSSR count). The second kappa shape index (κ2) is 7.30. The third-order valence-corrected chi connectivity index (χ3v) is 4.42. The van der Waals surface area contributed by atoms with E-state index in [1.807, 2.05) is 31.4 Å². The molecule has 0 aliphatic carbocycles. The van der Waals surface area contributed by atoms with Gasteiger partial charge in [0, 0.05) is 24.4 Å². The minimum atomic E-state index is 0.455. The van der Waals surface area contributed by atoms with Crippen LogP contribution < -0.4 is 11.1 Å². The Kier molecular flexibility index (Phi) is 4.93. The molecule has 0 bridgehead atoms. The van der Waals surface area contributed by atoms with Gasteiger partial charge in [0.2, 0.25) is 0 Å². The summed E-state index contributed by atoms with van der Waals surface area (Å²) in [7, 11) is 1.81. The van der Waals surface area contributed by atoms with Crippen LogP contribution in [0.1, 0.15) is 25.0 Å². The lowest BCUT2D eigenvalue weighted by Crippen LogP contribution is -1.99. The van der Waals surface area contributed by atoms with Crippen LogP contribution in [0.15, 0.2) is 42.6 Å². The normalized spacial score (nSPS) is 10.7. The minimum absolute atomic E-state index is 0.455. The first-order valence-corrected chi connectivity index (χ1v) is 8.55. The molecule has 3 N–H and O–H groups in total. The van der Waals surface area contributed by atoms with Crippen LogP contribution in [0.2, 0.25) is 0 Å². The van der Waals surface area contributed by atoms with Crippen molar-refractivity contribution in [2.24, 2.45) is 0 Å². The molecule has 128 valence electrons. The van der Waals surface area contributed by atoms with Gasteiger partial charge in [0.25, 0.3) is 0 Å². The van der Waals surface area contributed by atoms with E-state index >= 15 is 0 Å². The van der Waals surface area contributed by atoms with Gasteiger partial charge in [-0.25, -0.2) is 4.98 Å². The topological polar surface area (TPSA) is 76.7 Å². The molecule has 0 aliphatic rings. The van der Waals surface area contributed by atoms with Crippen molar-refractivity contribution in [1.29, 1.82) is 0 Å². The van der Waals surface area contributed by atoms with Crippen LogP contribution in [0.3, 0.4) is 0 Å². The fourth-order valence-corrected chi connectivity index (χ4v) is 2.93. The molecular formula is C20H23N5. The van der Waals surface area contributed by atoms with Crippen molar-refractivity contribution < 1.29 is 0 Å². The number of nitrogens with two attached hydrogens (primary N) is 1. The number of hydrogen-bond acceptors (Lipinski definition) is 5. The van der Waals surface area contributed by atoms with E-state index in [0.717, 1.165) is 29.5 Å². The molecule has 5 heteroatoms. The molecule has 0 spiro atoms. The number of aromatic nitrogens is 3. The number of nitrogens with zero attached hydrogens (tertiary/aromatic N) is 3. The van der Waals surface area contributed by atoms with Crippen molar-refractivity contribution in [2.45, 2.75) is 26.7 Å². The number of aryl methyl sites for hydroxylation is 2. The largest absolute Gasteiger partial charge is 0.383 e. The molecule has 0 amide bonds. The van der Waals surface area contributed by atoms with Crippen molar-refractivity contribution in [1.82, 2.24) is 15.2 Å². The van der Waals surface area contributed by atoms with Crippen molar-refractivity contribution in [3.8, 4) is 22.4 Å². The van der Waals surface area contributed by atoms with Gasteiger partial charge in [-0.2, -0.15) is 0 Å². The van der Waals surface area contributed by atoms with Crippen LogP contribution in [0, 0.1) is 0 Å². The Bertz CT molecular complexity index is 872. The molecule has 3 aromatic rings. The summed E-state index contributed by atoms with van der Waals surface area (Å²) in [5, 5.41) is 11.3. The summed E-state index contributed by atoms with van der Waals surface area (Å²) in [6.45, 7) is 4.37. The predicted octanol–water partition coefficient (Wildman–Crippen LogP) is 3.95. The highest BCUT2D eigenvalue weighted by molar-refractivity contribution is 5.77. The number of nitrogen functional groups attached to an aromatic ring is 1. The fourth-order valence-electron chi connectivity index (χ4n) is 2.93. The number of hydrogen-bond donors (Lipinski definition) is 2. The smallest absolute Gasteiger partial charge is 0.148 e. The molecule has 25 heavy (non-hydrogen) atoms. The number of pyridine rings is 1. The molecule has 5 nitrogen and oxygen atoms in total. The van der Waals surface area contributed by atoms with Crippen molar-refractivity contribution in [2.75, 3.05) is 18.1 Å². The fraction of sp³-hybridized carbons (Fsp3) is 0.250. The van der Waals surface area contributed by atoms with Crippen LogP contribution in [0.5, 0.6) is 0 Å². The van der Waals surface area contributed by atoms with Crippen LogP contribution in [-0.2, 0) is 12.8 Å². The van der Waals surface area contributed by atoms with Gasteiger partial charge in [0.15, 0.2) is 0 Å². The van der Waals surface area contributed by atoms with Gasteiger partial charge < -0.3 is 11.1 Å². The second-order valence-electron chi connectivity index (χ2n) is 5.90. The Balaban J connectivity index is 2.04. The second-order valence-corrected chi connectivity index (χ2v) is 5.90. The average Bonchev–Trinajstić information content (AvgIpc) is 2.68. The molecule has 0 saturated carbocycles. The lowest BCUT2D eigenvalue weighted by molar-refractivity contribution is 1.03. The van der Waals surface area contributed by atoms with Crippen LogP contribution in [-0.4, -0.2) is 22.2 Å². The van der Waals surface area contributed by atoms with Gasteiger partial charge in [-0.15, -0.1) is 10.2 Å². The van der Waals surface area contributed by atoms with Crippen LogP contribution >= 0.6 is 0 Å². The summed E-state index contributed by atoms with van der Waals surface area (Å²) in [5.41, 5.74) is 12.5. The highest BCUT2D eigenvalue weighted by Crippen LogP contribution is 2.29. The summed E-state index contributed by atoms with van der Waals surface area (Å²) in [5.74, 6) is 1.17. The van der Waals surface area contributed by atoms with Crippen molar-refractivity contribution in [3.05, 3.63) is 53.7 Å². The van der Waals surface area contributed by atoms with Crippen molar-refractivity contribution >= 4 is 11.6 Å². The molecule has 0 fully saturated rings. The summed E-state index contributed by atoms with van der Waals surface area (Å²) in [6, 6.07) is 12.4. The Hall–Kier alpha value is -2.95. The summed E-state index contributed by atoms with van der Waals surface area (Å²) in [6.07, 6.45) is 3.87. The zero-order chi connectivity index (χ0) is 17.8. The molecule has 0 saturated heterocycles. The molecule has 0 unspecified atom stereocenters. The molecule has 0 radical (unpaired) electrons. The average molecular weight is 333 g/mol. The summed E-state index contributed by atoms with van der Waals surface area (Å²) < 4.78 is 0. The lowest BCUT2D eigenvalue weighted by atomic mass is 9.96. The quantitative estimate of drug-likeness (QED) is 0.739. The van der Waals surface area contributed by atoms with E-state index in [4.69, 9.17) is 5.73 Å². The number of rotatable bonds is 5. The highest BCUT2D eigenvalue weighted by Gasteiger charge is 2.10. The van der Waals surface area contributed by atoms with Crippen LogP contribution in [0.4, 0.5) is 11.6 Å². The van der Waals surface area contributed by atoms with E-state index < -0.39 is 0 Å². The maximum Gasteiger partial charge on any atom is 0.148 e. The van der Waals surface area contributed by atoms with Gasteiger partial charge in [-0.1, -0.05) is 32.0 Å². The van der Waals surface area contributed by atoms with Gasteiger partial charge in [0.1, 0.15) is 11.6 Å². The number of benzene rings is 1. The first-order chi connectivity index (χ1) is 12.2. The molecule has 2 aromatic heterocycles. The first-order valence-electron chi connectivity index (χ1n) is 8.55. The maximum absolute atomic E-state index is 6.08. The Morgan fingerprint density at radius 3 is 2.36 bits per heavy atom. The SMILES string of the molecule is CCc1ccc(-c2cnc(N)c(-c3ccc(NC)nn3)c2)cc1CC. The Morgan fingerprint density at radius 2 is 1.72 bits per heavy atom. The summed E-state index contributed by atoms with van der Waals surface area (Å²) in [4.78, 5) is 4.37. The van der Waals surface area contributed by atoms with Gasteiger partial charge >= 0.3 is 0 Å². The standard InChI is InChI=1S/C20H23N5/c1-4-13-6-7-15(10-14(13)5-2)16-11-17(20(21)23-12-16)18-8-9-19(22-3)25-24-18/h6-12H,4-5H2,1-3H3,(H2,21,23)(H,22,25). The van der Waals surface area contributed by atoms with E-state index in [0.29, 0.717) is 17.3 Å². The Morgan fingerprint density at radius 1 is 0.920 bits per heavy atom. The lowest BCUT2D eigenvalue weighted by Gasteiger charge is -2.11. The number of nitrogens with one attached hydrogen (secondary N) is 1.